The first-order valence-corrected chi connectivity index (χ1v) is 10.4. The van der Waals surface area contributed by atoms with E-state index in [1.165, 1.54) is 28.9 Å². The van der Waals surface area contributed by atoms with Crippen molar-refractivity contribution < 1.29 is 18.8 Å². The smallest absolute Gasteiger partial charge is 0.248 e. The molecule has 0 bridgehead atoms. The Morgan fingerprint density at radius 3 is 2.62 bits per heavy atom. The number of anilines is 2. The molecule has 0 spiro atoms. The van der Waals surface area contributed by atoms with Gasteiger partial charge in [0, 0.05) is 40.4 Å². The number of nitrogens with zero attached hydrogens (tertiary/aromatic N) is 1. The van der Waals surface area contributed by atoms with Crippen LogP contribution in [-0.4, -0.2) is 22.3 Å². The van der Waals surface area contributed by atoms with Crippen LogP contribution in [-0.2, 0) is 16.0 Å². The van der Waals surface area contributed by atoms with Crippen molar-refractivity contribution in [2.45, 2.75) is 33.6 Å². The summed E-state index contributed by atoms with van der Waals surface area (Å²) in [4.78, 5) is 37.2. The van der Waals surface area contributed by atoms with E-state index in [0.29, 0.717) is 40.8 Å². The third-order valence-electron chi connectivity index (χ3n) is 5.32. The first kappa shape index (κ1) is 21.5. The molecule has 0 unspecified atom stereocenters. The molecule has 0 saturated heterocycles. The highest BCUT2D eigenvalue weighted by Crippen LogP contribution is 2.28. The highest BCUT2D eigenvalue weighted by Gasteiger charge is 2.26. The molecule has 3 aromatic rings. The van der Waals surface area contributed by atoms with Gasteiger partial charge < -0.3 is 10.6 Å². The number of hydrogen-bond donors (Lipinski definition) is 2. The van der Waals surface area contributed by atoms with Crippen LogP contribution in [0.15, 0.2) is 48.5 Å². The molecule has 1 aliphatic rings. The van der Waals surface area contributed by atoms with Crippen molar-refractivity contribution in [2.24, 2.45) is 5.41 Å². The number of nitrogens with one attached hydrogen (secondary N) is 2. The van der Waals surface area contributed by atoms with Crippen molar-refractivity contribution in [1.29, 1.82) is 0 Å². The van der Waals surface area contributed by atoms with Crippen LogP contribution >= 0.6 is 0 Å². The molecule has 32 heavy (non-hydrogen) atoms. The van der Waals surface area contributed by atoms with Crippen molar-refractivity contribution in [1.82, 2.24) is 4.57 Å². The molecule has 2 N–H and O–H groups in total. The van der Waals surface area contributed by atoms with Crippen molar-refractivity contribution in [3.05, 3.63) is 65.6 Å². The van der Waals surface area contributed by atoms with E-state index in [1.807, 2.05) is 6.07 Å². The fraction of sp³-hybridized carbons (Fsp3) is 0.240. The first-order chi connectivity index (χ1) is 15.1. The standard InChI is InChI=1S/C25H24FN3O3/c1-25(2,3)24(32)29-19(13-16-12-17(26)6-9-21(16)29)8-11-22(30)27-18-7-4-15-5-10-23(31)28-20(15)14-18/h4,6-9,11-14H,5,10H2,1-3H3,(H,27,30)(H,28,31)/b11-8+. The summed E-state index contributed by atoms with van der Waals surface area (Å²) in [5, 5.41) is 6.15. The van der Waals surface area contributed by atoms with Crippen LogP contribution in [0.5, 0.6) is 0 Å². The number of aromatic nitrogens is 1. The van der Waals surface area contributed by atoms with Crippen LogP contribution in [0.25, 0.3) is 17.0 Å². The van der Waals surface area contributed by atoms with Gasteiger partial charge in [-0.15, -0.1) is 0 Å². The number of fused-ring (bicyclic) bond motifs is 2. The normalized spacial score (nSPS) is 13.8. The van der Waals surface area contributed by atoms with Gasteiger partial charge in [0.2, 0.25) is 17.7 Å². The van der Waals surface area contributed by atoms with E-state index in [1.54, 1.807) is 45.0 Å². The fourth-order valence-corrected chi connectivity index (χ4v) is 3.69. The van der Waals surface area contributed by atoms with E-state index in [4.69, 9.17) is 0 Å². The number of hydrogen-bond acceptors (Lipinski definition) is 3. The van der Waals surface area contributed by atoms with Crippen LogP contribution in [0.1, 0.15) is 43.2 Å². The number of halogens is 1. The zero-order valence-corrected chi connectivity index (χ0v) is 18.2. The van der Waals surface area contributed by atoms with Gasteiger partial charge in [-0.2, -0.15) is 0 Å². The maximum absolute atomic E-state index is 13.7. The largest absolute Gasteiger partial charge is 0.326 e. The molecule has 1 aliphatic heterocycles. The number of carbonyl (C=O) groups excluding carboxylic acids is 3. The van der Waals surface area contributed by atoms with Crippen LogP contribution in [0.4, 0.5) is 15.8 Å². The third-order valence-corrected chi connectivity index (χ3v) is 5.32. The second-order valence-electron chi connectivity index (χ2n) is 8.91. The molecule has 6 nitrogen and oxygen atoms in total. The second kappa shape index (κ2) is 8.07. The van der Waals surface area contributed by atoms with Gasteiger partial charge in [-0.3, -0.25) is 19.0 Å². The molecule has 0 atom stereocenters. The summed E-state index contributed by atoms with van der Waals surface area (Å²) in [7, 11) is 0. The fourth-order valence-electron chi connectivity index (χ4n) is 3.69. The van der Waals surface area contributed by atoms with Crippen LogP contribution in [0, 0.1) is 11.2 Å². The summed E-state index contributed by atoms with van der Waals surface area (Å²) in [5.41, 5.74) is 2.67. The molecular formula is C25H24FN3O3. The number of aryl methyl sites for hydroxylation is 1. The first-order valence-electron chi connectivity index (χ1n) is 10.4. The number of amides is 2. The summed E-state index contributed by atoms with van der Waals surface area (Å²) in [5.74, 6) is -0.998. The van der Waals surface area contributed by atoms with Crippen molar-refractivity contribution in [2.75, 3.05) is 10.6 Å². The maximum atomic E-state index is 13.7. The Labute approximate surface area is 185 Å². The summed E-state index contributed by atoms with van der Waals surface area (Å²) < 4.78 is 15.2. The highest BCUT2D eigenvalue weighted by atomic mass is 19.1. The maximum Gasteiger partial charge on any atom is 0.248 e. The Morgan fingerprint density at radius 2 is 1.88 bits per heavy atom. The Balaban J connectivity index is 1.61. The molecule has 2 heterocycles. The van der Waals surface area contributed by atoms with E-state index >= 15 is 0 Å². The van der Waals surface area contributed by atoms with Gasteiger partial charge in [-0.05, 0) is 54.5 Å². The molecule has 4 rings (SSSR count). The average Bonchev–Trinajstić information content (AvgIpc) is 3.07. The van der Waals surface area contributed by atoms with E-state index in [0.717, 1.165) is 5.56 Å². The summed E-state index contributed by atoms with van der Waals surface area (Å²) in [6.45, 7) is 5.42. The lowest BCUT2D eigenvalue weighted by Gasteiger charge is -2.19. The molecule has 7 heteroatoms. The van der Waals surface area contributed by atoms with Crippen molar-refractivity contribution in [3.63, 3.8) is 0 Å². The zero-order chi connectivity index (χ0) is 23.0. The second-order valence-corrected chi connectivity index (χ2v) is 8.91. The van der Waals surface area contributed by atoms with Crippen LogP contribution in [0.2, 0.25) is 0 Å². The lowest BCUT2D eigenvalue weighted by Crippen LogP contribution is -2.27. The van der Waals surface area contributed by atoms with E-state index in [9.17, 15) is 18.8 Å². The summed E-state index contributed by atoms with van der Waals surface area (Å²) >= 11 is 0. The van der Waals surface area contributed by atoms with Crippen LogP contribution in [0.3, 0.4) is 0 Å². The minimum atomic E-state index is -0.668. The number of carbonyl (C=O) groups is 3. The molecule has 1 aromatic heterocycles. The van der Waals surface area contributed by atoms with Gasteiger partial charge in [-0.25, -0.2) is 4.39 Å². The van der Waals surface area contributed by atoms with Crippen molar-refractivity contribution >= 4 is 46.1 Å². The molecule has 0 saturated carbocycles. The summed E-state index contributed by atoms with van der Waals surface area (Å²) in [6, 6.07) is 11.3. The molecule has 0 aliphatic carbocycles. The Bertz CT molecular complexity index is 1280. The van der Waals surface area contributed by atoms with E-state index in [-0.39, 0.29) is 11.8 Å². The molecule has 0 radical (unpaired) electrons. The Hall–Kier alpha value is -3.74. The summed E-state index contributed by atoms with van der Waals surface area (Å²) in [6.07, 6.45) is 3.99. The van der Waals surface area contributed by atoms with E-state index < -0.39 is 17.1 Å². The quantitative estimate of drug-likeness (QED) is 0.570. The zero-order valence-electron chi connectivity index (χ0n) is 18.2. The number of rotatable bonds is 3. The topological polar surface area (TPSA) is 80.2 Å². The SMILES string of the molecule is CC(C)(C)C(=O)n1c(/C=C/C(=O)Nc2ccc3c(c2)NC(=O)CC3)cc2cc(F)ccc21. The lowest BCUT2D eigenvalue weighted by atomic mass is 9.95. The molecule has 0 fully saturated rings. The molecule has 2 aromatic carbocycles. The van der Waals surface area contributed by atoms with Gasteiger partial charge in [0.15, 0.2) is 0 Å². The van der Waals surface area contributed by atoms with Gasteiger partial charge in [-0.1, -0.05) is 26.8 Å². The van der Waals surface area contributed by atoms with E-state index in [2.05, 4.69) is 10.6 Å². The van der Waals surface area contributed by atoms with Crippen LogP contribution < -0.4 is 10.6 Å². The van der Waals surface area contributed by atoms with Crippen molar-refractivity contribution in [3.8, 4) is 0 Å². The van der Waals surface area contributed by atoms with Gasteiger partial charge in [0.05, 0.1) is 5.52 Å². The van der Waals surface area contributed by atoms with Gasteiger partial charge in [0.25, 0.3) is 0 Å². The molecule has 164 valence electrons. The predicted octanol–water partition coefficient (Wildman–Crippen LogP) is 5.00. The minimum Gasteiger partial charge on any atom is -0.326 e. The Kier molecular flexibility index (Phi) is 5.42. The highest BCUT2D eigenvalue weighted by molar-refractivity contribution is 6.04. The Morgan fingerprint density at radius 1 is 1.09 bits per heavy atom. The molecule has 2 amide bonds. The lowest BCUT2D eigenvalue weighted by molar-refractivity contribution is -0.116. The third kappa shape index (κ3) is 4.32. The monoisotopic (exact) mass is 433 g/mol. The minimum absolute atomic E-state index is 0.0475. The average molecular weight is 433 g/mol. The molecular weight excluding hydrogens is 409 g/mol. The van der Waals surface area contributed by atoms with Gasteiger partial charge in [0.1, 0.15) is 5.82 Å². The number of benzene rings is 2. The predicted molar refractivity (Wildman–Crippen MR) is 123 cm³/mol. The van der Waals surface area contributed by atoms with Gasteiger partial charge >= 0.3 is 0 Å².